The summed E-state index contributed by atoms with van der Waals surface area (Å²) in [6.45, 7) is 6.10. The molecule has 1 heterocycles. The number of phenols is 5. The standard InChI is InChI=1S/C41H46O8/c1-22-35(44)30(38(47)33(23(2)42)36(22)45)21-31-37(46)29-16-17-41(3,4)49-40(29)34(39(31)48)32(43)15-13-24-8-7-9-25(18-24)19-26-12-14-28(20-26)27-10-5-6-11-27/h7-9,13,15-18,26-28,44-48H,5-6,10-12,14,19-21H2,1-4H3/b15-13+. The Morgan fingerprint density at radius 2 is 1.57 bits per heavy atom. The minimum absolute atomic E-state index is 0.00690. The van der Waals surface area contributed by atoms with Gasteiger partial charge in [-0.05, 0) is 100 Å². The molecule has 0 radical (unpaired) electrons. The fourth-order valence-electron chi connectivity index (χ4n) is 8.16. The number of hydrogen-bond acceptors (Lipinski definition) is 8. The van der Waals surface area contributed by atoms with Gasteiger partial charge in [0.1, 0.15) is 51.2 Å². The zero-order valence-corrected chi connectivity index (χ0v) is 28.7. The van der Waals surface area contributed by atoms with Crippen LogP contribution in [0.3, 0.4) is 0 Å². The molecule has 8 heteroatoms. The van der Waals surface area contributed by atoms with Crippen molar-refractivity contribution in [3.63, 3.8) is 0 Å². The highest BCUT2D eigenvalue weighted by Crippen LogP contribution is 2.50. The lowest BCUT2D eigenvalue weighted by molar-refractivity contribution is 0.100. The van der Waals surface area contributed by atoms with Crippen LogP contribution in [0.15, 0.2) is 36.4 Å². The summed E-state index contributed by atoms with van der Waals surface area (Å²) in [6, 6.07) is 8.14. The molecule has 3 aliphatic rings. The van der Waals surface area contributed by atoms with Crippen molar-refractivity contribution in [3.05, 3.63) is 80.9 Å². The molecule has 2 saturated carbocycles. The van der Waals surface area contributed by atoms with Crippen LogP contribution in [0.2, 0.25) is 0 Å². The Morgan fingerprint density at radius 3 is 2.29 bits per heavy atom. The van der Waals surface area contributed by atoms with Gasteiger partial charge in [-0.3, -0.25) is 9.59 Å². The molecule has 6 rings (SSSR count). The number of allylic oxidation sites excluding steroid dienone is 1. The van der Waals surface area contributed by atoms with Crippen LogP contribution in [0.4, 0.5) is 0 Å². The predicted octanol–water partition coefficient (Wildman–Crippen LogP) is 8.55. The molecule has 2 unspecified atom stereocenters. The highest BCUT2D eigenvalue weighted by Gasteiger charge is 2.35. The third-order valence-electron chi connectivity index (χ3n) is 10.8. The number of aromatic hydroxyl groups is 5. The molecular formula is C41H46O8. The van der Waals surface area contributed by atoms with E-state index in [1.807, 2.05) is 12.1 Å². The first-order valence-corrected chi connectivity index (χ1v) is 17.3. The third kappa shape index (κ3) is 6.65. The van der Waals surface area contributed by atoms with E-state index in [0.717, 1.165) is 30.7 Å². The van der Waals surface area contributed by atoms with E-state index < -0.39 is 57.9 Å². The zero-order chi connectivity index (χ0) is 35.2. The number of benzene rings is 3. The monoisotopic (exact) mass is 666 g/mol. The second-order valence-electron chi connectivity index (χ2n) is 14.7. The zero-order valence-electron chi connectivity index (χ0n) is 28.7. The number of hydrogen-bond donors (Lipinski definition) is 5. The number of rotatable bonds is 9. The lowest BCUT2D eigenvalue weighted by Gasteiger charge is -2.30. The van der Waals surface area contributed by atoms with Crippen LogP contribution < -0.4 is 4.74 Å². The van der Waals surface area contributed by atoms with Gasteiger partial charge in [-0.15, -0.1) is 0 Å². The summed E-state index contributed by atoms with van der Waals surface area (Å²) in [5.74, 6) is -1.54. The predicted molar refractivity (Wildman–Crippen MR) is 189 cm³/mol. The molecule has 2 aliphatic carbocycles. The summed E-state index contributed by atoms with van der Waals surface area (Å²) in [5, 5.41) is 55.2. The lowest BCUT2D eigenvalue weighted by atomic mass is 9.87. The molecule has 2 fully saturated rings. The SMILES string of the molecule is CC(=O)c1c(O)c(C)c(O)c(Cc2c(O)c3c(c(C(=O)/C=C/c4cccc(CC5CCC(C6CCCC6)C5)c4)c2O)OC(C)(C)C=C3)c1O. The van der Waals surface area contributed by atoms with E-state index in [4.69, 9.17) is 4.74 Å². The number of Topliss-reactive ketones (excluding diaryl/α,β-unsaturated/α-hetero) is 1. The Bertz CT molecular complexity index is 1880. The highest BCUT2D eigenvalue weighted by molar-refractivity contribution is 6.12. The number of phenolic OH excluding ortho intramolecular Hbond substituents is 5. The highest BCUT2D eigenvalue weighted by atomic mass is 16.5. The maximum atomic E-state index is 13.9. The van der Waals surface area contributed by atoms with Gasteiger partial charge in [-0.2, -0.15) is 0 Å². The second-order valence-corrected chi connectivity index (χ2v) is 14.7. The van der Waals surface area contributed by atoms with Crippen molar-refractivity contribution in [2.75, 3.05) is 0 Å². The Kier molecular flexibility index (Phi) is 9.27. The summed E-state index contributed by atoms with van der Waals surface area (Å²) in [6.07, 6.45) is 16.3. The molecule has 5 N–H and O–H groups in total. The number of ketones is 2. The quantitative estimate of drug-likeness (QED) is 0.113. The summed E-state index contributed by atoms with van der Waals surface area (Å²) in [7, 11) is 0. The van der Waals surface area contributed by atoms with Gasteiger partial charge < -0.3 is 30.3 Å². The van der Waals surface area contributed by atoms with Crippen molar-refractivity contribution >= 4 is 23.7 Å². The van der Waals surface area contributed by atoms with E-state index >= 15 is 0 Å². The van der Waals surface area contributed by atoms with Gasteiger partial charge in [-0.1, -0.05) is 56.0 Å². The molecule has 0 amide bonds. The first kappa shape index (κ1) is 34.2. The largest absolute Gasteiger partial charge is 0.507 e. The molecule has 0 bridgehead atoms. The molecule has 0 spiro atoms. The van der Waals surface area contributed by atoms with Crippen molar-refractivity contribution in [2.45, 2.75) is 91.1 Å². The van der Waals surface area contributed by atoms with E-state index in [9.17, 15) is 35.1 Å². The smallest absolute Gasteiger partial charge is 0.193 e. The maximum absolute atomic E-state index is 13.9. The van der Waals surface area contributed by atoms with Gasteiger partial charge in [0.25, 0.3) is 0 Å². The number of carbonyl (C=O) groups is 2. The van der Waals surface area contributed by atoms with Gasteiger partial charge in [0, 0.05) is 23.1 Å². The fraction of sp³-hybridized carbons (Fsp3) is 0.415. The fourth-order valence-corrected chi connectivity index (χ4v) is 8.16. The summed E-state index contributed by atoms with van der Waals surface area (Å²) in [4.78, 5) is 26.2. The molecular weight excluding hydrogens is 620 g/mol. The normalized spacial score (nSPS) is 20.1. The van der Waals surface area contributed by atoms with Crippen molar-refractivity contribution in [1.82, 2.24) is 0 Å². The van der Waals surface area contributed by atoms with Crippen LogP contribution in [0.1, 0.15) is 120 Å². The van der Waals surface area contributed by atoms with Crippen molar-refractivity contribution < 1.29 is 39.9 Å². The molecule has 258 valence electrons. The molecule has 49 heavy (non-hydrogen) atoms. The molecule has 3 aromatic rings. The minimum atomic E-state index is -0.849. The minimum Gasteiger partial charge on any atom is -0.507 e. The second kappa shape index (κ2) is 13.3. The van der Waals surface area contributed by atoms with Crippen molar-refractivity contribution in [2.24, 2.45) is 17.8 Å². The Labute approximate surface area is 287 Å². The van der Waals surface area contributed by atoms with Crippen LogP contribution in [-0.2, 0) is 12.8 Å². The molecule has 1 aliphatic heterocycles. The average Bonchev–Trinajstić information content (AvgIpc) is 3.75. The number of carbonyl (C=O) groups excluding carboxylic acids is 2. The molecule has 0 saturated heterocycles. The van der Waals surface area contributed by atoms with Crippen LogP contribution in [0.5, 0.6) is 34.5 Å². The van der Waals surface area contributed by atoms with E-state index in [-0.39, 0.29) is 33.6 Å². The maximum Gasteiger partial charge on any atom is 0.193 e. The first-order valence-electron chi connectivity index (χ1n) is 17.3. The third-order valence-corrected chi connectivity index (χ3v) is 10.8. The van der Waals surface area contributed by atoms with E-state index in [1.165, 1.54) is 63.5 Å². The average molecular weight is 667 g/mol. The topological polar surface area (TPSA) is 145 Å². The van der Waals surface area contributed by atoms with Crippen LogP contribution in [0, 0.1) is 24.7 Å². The van der Waals surface area contributed by atoms with Gasteiger partial charge in [-0.25, -0.2) is 0 Å². The summed E-state index contributed by atoms with van der Waals surface area (Å²) >= 11 is 0. The number of fused-ring (bicyclic) bond motifs is 1. The summed E-state index contributed by atoms with van der Waals surface area (Å²) < 4.78 is 6.12. The molecule has 3 aromatic carbocycles. The summed E-state index contributed by atoms with van der Waals surface area (Å²) in [5.41, 5.74) is 0.380. The van der Waals surface area contributed by atoms with Gasteiger partial charge in [0.2, 0.25) is 0 Å². The van der Waals surface area contributed by atoms with Crippen LogP contribution >= 0.6 is 0 Å². The van der Waals surface area contributed by atoms with Crippen molar-refractivity contribution in [1.29, 1.82) is 0 Å². The molecule has 0 aromatic heterocycles. The van der Waals surface area contributed by atoms with E-state index in [1.54, 1.807) is 32.1 Å². The van der Waals surface area contributed by atoms with Gasteiger partial charge in [0.15, 0.2) is 11.6 Å². The number of ether oxygens (including phenoxy) is 1. The van der Waals surface area contributed by atoms with E-state index in [2.05, 4.69) is 12.1 Å². The molecule has 8 nitrogen and oxygen atoms in total. The molecule has 2 atom stereocenters. The van der Waals surface area contributed by atoms with Crippen molar-refractivity contribution in [3.8, 4) is 34.5 Å². The van der Waals surface area contributed by atoms with E-state index in [0.29, 0.717) is 5.92 Å². The van der Waals surface area contributed by atoms with Gasteiger partial charge in [0.05, 0.1) is 5.56 Å². The van der Waals surface area contributed by atoms with Gasteiger partial charge >= 0.3 is 0 Å². The lowest BCUT2D eigenvalue weighted by Crippen LogP contribution is -2.28. The Balaban J connectivity index is 1.32. The van der Waals surface area contributed by atoms with Crippen LogP contribution in [-0.4, -0.2) is 42.7 Å². The Morgan fingerprint density at radius 1 is 0.878 bits per heavy atom. The van der Waals surface area contributed by atoms with Crippen LogP contribution in [0.25, 0.3) is 12.2 Å². The first-order chi connectivity index (χ1) is 23.3. The Hall–Kier alpha value is -4.72.